The van der Waals surface area contributed by atoms with E-state index in [1.807, 2.05) is 0 Å². The van der Waals surface area contributed by atoms with Crippen LogP contribution in [-0.2, 0) is 23.9 Å². The second kappa shape index (κ2) is 16.2. The molecule has 0 unspecified atom stereocenters. The van der Waals surface area contributed by atoms with Crippen molar-refractivity contribution in [2.45, 2.75) is 71.6 Å². The van der Waals surface area contributed by atoms with E-state index < -0.39 is 58.9 Å². The van der Waals surface area contributed by atoms with Crippen LogP contribution in [0.15, 0.2) is 4.99 Å². The molecule has 0 aliphatic rings. The first-order valence-corrected chi connectivity index (χ1v) is 11.5. The van der Waals surface area contributed by atoms with Crippen LogP contribution < -0.4 is 21.8 Å². The Hall–Kier alpha value is -3.49. The minimum absolute atomic E-state index is 0.0147. The summed E-state index contributed by atoms with van der Waals surface area (Å²) < 4.78 is 4.71. The number of nitrogens with zero attached hydrogens (tertiary/aromatic N) is 2. The Kier molecular flexibility index (Phi) is 14.7. The zero-order chi connectivity index (χ0) is 28.0. The lowest BCUT2D eigenvalue weighted by molar-refractivity contribution is -0.525. The van der Waals surface area contributed by atoms with Gasteiger partial charge in [-0.2, -0.15) is 0 Å². The first-order valence-electron chi connectivity index (χ1n) is 11.5. The van der Waals surface area contributed by atoms with Gasteiger partial charge in [0.1, 0.15) is 18.2 Å². The molecule has 0 aliphatic carbocycles. The Morgan fingerprint density at radius 1 is 1.03 bits per heavy atom. The second-order valence-electron chi connectivity index (χ2n) is 9.07. The molecule has 0 aromatic carbocycles. The van der Waals surface area contributed by atoms with E-state index in [-0.39, 0.29) is 44.1 Å². The van der Waals surface area contributed by atoms with Crippen molar-refractivity contribution in [2.24, 2.45) is 28.5 Å². The monoisotopic (exact) mass is 518 g/mol. The SMILES string of the molecule is COC(=O)[C@H](CCCN=C(N)N[N+](=O)[O-])NC(=O)[C@H](CC(C)C)NC(=O)[C@@H](O)[C@H](CC(C)C)C(=O)O. The lowest BCUT2D eigenvalue weighted by atomic mass is 9.91. The number of hydrazine groups is 1. The quantitative estimate of drug-likeness (QED) is 0.0368. The van der Waals surface area contributed by atoms with E-state index in [1.165, 1.54) is 0 Å². The van der Waals surface area contributed by atoms with Gasteiger partial charge in [-0.25, -0.2) is 19.9 Å². The Labute approximate surface area is 209 Å². The first-order chi connectivity index (χ1) is 16.7. The van der Waals surface area contributed by atoms with Gasteiger partial charge in [-0.15, -0.1) is 0 Å². The molecule has 206 valence electrons. The zero-order valence-corrected chi connectivity index (χ0v) is 21.2. The number of nitrogens with two attached hydrogens (primary N) is 1. The molecule has 0 bridgehead atoms. The topological polar surface area (TPSA) is 236 Å². The molecule has 15 heteroatoms. The van der Waals surface area contributed by atoms with Gasteiger partial charge in [0.15, 0.2) is 5.03 Å². The number of carbonyl (C=O) groups excluding carboxylic acids is 3. The number of aliphatic carboxylic acids is 1. The fourth-order valence-electron chi connectivity index (χ4n) is 3.30. The standard InChI is InChI=1S/C21H38N6O9/c1-11(2)9-13(19(31)32)16(28)18(30)25-15(10-12(3)4)17(29)24-14(20(33)36-5)7-6-8-23-21(22)26-27(34)35/h11-16,28H,6-10H2,1-5H3,(H,24,29)(H,25,30)(H,31,32)(H3,22,23,26)/t13-,14-,15-,16-/m0/s1. The van der Waals surface area contributed by atoms with Gasteiger partial charge in [0, 0.05) is 6.54 Å². The molecule has 0 fully saturated rings. The first kappa shape index (κ1) is 32.5. The molecule has 36 heavy (non-hydrogen) atoms. The van der Waals surface area contributed by atoms with Gasteiger partial charge in [-0.3, -0.25) is 14.4 Å². The number of carboxylic acid groups (broad SMARTS) is 1. The average molecular weight is 519 g/mol. The maximum Gasteiger partial charge on any atom is 0.328 e. The fraction of sp³-hybridized carbons (Fsp3) is 0.762. The molecule has 0 rings (SSSR count). The summed E-state index contributed by atoms with van der Waals surface area (Å²) in [5.41, 5.74) is 6.99. The fourth-order valence-corrected chi connectivity index (χ4v) is 3.30. The molecule has 0 saturated heterocycles. The number of aliphatic hydroxyl groups excluding tert-OH is 1. The van der Waals surface area contributed by atoms with Crippen molar-refractivity contribution in [2.75, 3.05) is 13.7 Å². The van der Waals surface area contributed by atoms with Crippen molar-refractivity contribution >= 4 is 29.7 Å². The molecule has 15 nitrogen and oxygen atoms in total. The van der Waals surface area contributed by atoms with Gasteiger partial charge in [-0.1, -0.05) is 33.1 Å². The number of nitro groups is 1. The largest absolute Gasteiger partial charge is 0.481 e. The number of carboxylic acids is 1. The number of ether oxygens (including phenoxy) is 1. The predicted octanol–water partition coefficient (Wildman–Crippen LogP) is -0.841. The summed E-state index contributed by atoms with van der Waals surface area (Å²) in [6, 6.07) is -2.28. The number of carbonyl (C=O) groups is 4. The van der Waals surface area contributed by atoms with E-state index in [9.17, 15) is 39.5 Å². The summed E-state index contributed by atoms with van der Waals surface area (Å²) in [6.45, 7) is 7.10. The van der Waals surface area contributed by atoms with E-state index in [4.69, 9.17) is 10.5 Å². The van der Waals surface area contributed by atoms with Crippen LogP contribution in [0.1, 0.15) is 53.4 Å². The highest BCUT2D eigenvalue weighted by Crippen LogP contribution is 2.17. The van der Waals surface area contributed by atoms with Gasteiger partial charge < -0.3 is 31.3 Å². The van der Waals surface area contributed by atoms with Gasteiger partial charge >= 0.3 is 11.9 Å². The summed E-state index contributed by atoms with van der Waals surface area (Å²) in [5, 5.41) is 34.1. The van der Waals surface area contributed by atoms with Crippen molar-refractivity contribution in [3.63, 3.8) is 0 Å². The number of guanidine groups is 1. The average Bonchev–Trinajstić information content (AvgIpc) is 2.76. The number of aliphatic hydroxyl groups is 1. The van der Waals surface area contributed by atoms with Gasteiger partial charge in [0.2, 0.25) is 11.8 Å². The number of hydrogen-bond donors (Lipinski definition) is 6. The van der Waals surface area contributed by atoms with E-state index >= 15 is 0 Å². The number of rotatable bonds is 16. The number of nitrogens with one attached hydrogen (secondary N) is 3. The van der Waals surface area contributed by atoms with Gasteiger partial charge in [0.05, 0.1) is 13.0 Å². The highest BCUT2D eigenvalue weighted by atomic mass is 16.7. The molecule has 4 atom stereocenters. The van der Waals surface area contributed by atoms with Crippen LogP contribution in [0.25, 0.3) is 0 Å². The molecule has 0 heterocycles. The minimum atomic E-state index is -1.88. The molecule has 0 aliphatic heterocycles. The van der Waals surface area contributed by atoms with E-state index in [2.05, 4.69) is 15.6 Å². The van der Waals surface area contributed by atoms with Crippen molar-refractivity contribution in [3.05, 3.63) is 10.1 Å². The Bertz CT molecular complexity index is 803. The third-order valence-electron chi connectivity index (χ3n) is 4.97. The van der Waals surface area contributed by atoms with Gasteiger partial charge in [-0.05, 0) is 37.5 Å². The molecule has 0 aromatic rings. The summed E-state index contributed by atoms with van der Waals surface area (Å²) >= 11 is 0. The number of aliphatic imine (C=N–C) groups is 1. The predicted molar refractivity (Wildman–Crippen MR) is 128 cm³/mol. The molecule has 0 saturated carbocycles. The summed E-state index contributed by atoms with van der Waals surface area (Å²) in [4.78, 5) is 63.3. The summed E-state index contributed by atoms with van der Waals surface area (Å²) in [5.74, 6) is -5.79. The van der Waals surface area contributed by atoms with Crippen LogP contribution in [0.5, 0.6) is 0 Å². The number of amides is 2. The van der Waals surface area contributed by atoms with Crippen LogP contribution >= 0.6 is 0 Å². The Morgan fingerprint density at radius 2 is 1.58 bits per heavy atom. The lowest BCUT2D eigenvalue weighted by Crippen LogP contribution is -2.55. The highest BCUT2D eigenvalue weighted by Gasteiger charge is 2.35. The molecule has 0 aromatic heterocycles. The van der Waals surface area contributed by atoms with Crippen molar-refractivity contribution in [1.82, 2.24) is 16.1 Å². The van der Waals surface area contributed by atoms with E-state index in [0.717, 1.165) is 7.11 Å². The van der Waals surface area contributed by atoms with Crippen molar-refractivity contribution in [1.29, 1.82) is 0 Å². The normalized spacial score (nSPS) is 14.9. The van der Waals surface area contributed by atoms with Crippen LogP contribution in [0, 0.1) is 27.9 Å². The third-order valence-corrected chi connectivity index (χ3v) is 4.97. The molecule has 7 N–H and O–H groups in total. The minimum Gasteiger partial charge on any atom is -0.481 e. The maximum absolute atomic E-state index is 12.9. The molecule has 2 amide bonds. The second-order valence-corrected chi connectivity index (χ2v) is 9.07. The van der Waals surface area contributed by atoms with Crippen LogP contribution in [0.3, 0.4) is 0 Å². The van der Waals surface area contributed by atoms with Gasteiger partial charge in [0.25, 0.3) is 5.96 Å². The van der Waals surface area contributed by atoms with Crippen LogP contribution in [-0.4, -0.2) is 76.8 Å². The lowest BCUT2D eigenvalue weighted by Gasteiger charge is -2.26. The highest BCUT2D eigenvalue weighted by molar-refractivity contribution is 5.93. The maximum atomic E-state index is 12.9. The zero-order valence-electron chi connectivity index (χ0n) is 21.2. The van der Waals surface area contributed by atoms with Crippen molar-refractivity contribution in [3.8, 4) is 0 Å². The molecular formula is C21H38N6O9. The van der Waals surface area contributed by atoms with E-state index in [1.54, 1.807) is 33.1 Å². The Morgan fingerprint density at radius 3 is 2.06 bits per heavy atom. The molecular weight excluding hydrogens is 480 g/mol. The van der Waals surface area contributed by atoms with Crippen LogP contribution in [0.4, 0.5) is 0 Å². The third kappa shape index (κ3) is 12.8. The van der Waals surface area contributed by atoms with Crippen LogP contribution in [0.2, 0.25) is 0 Å². The Balaban J connectivity index is 5.39. The smallest absolute Gasteiger partial charge is 0.328 e. The van der Waals surface area contributed by atoms with Crippen molar-refractivity contribution < 1.29 is 39.2 Å². The number of hydrogen-bond acceptors (Lipinski definition) is 9. The molecule has 0 spiro atoms. The van der Waals surface area contributed by atoms with E-state index in [0.29, 0.717) is 0 Å². The molecule has 0 radical (unpaired) electrons. The summed E-state index contributed by atoms with van der Waals surface area (Å²) in [7, 11) is 1.13. The summed E-state index contributed by atoms with van der Waals surface area (Å²) in [6.07, 6.45) is -1.42. The number of methoxy groups -OCH3 is 1. The number of esters is 1.